The van der Waals surface area contributed by atoms with Crippen LogP contribution in [0.2, 0.25) is 0 Å². The average molecular weight is 521 g/mol. The van der Waals surface area contributed by atoms with Crippen LogP contribution in [0.15, 0.2) is 94.4 Å². The Morgan fingerprint density at radius 3 is 2.62 bits per heavy atom. The lowest BCUT2D eigenvalue weighted by atomic mass is 9.64. The molecule has 2 aromatic heterocycles. The van der Waals surface area contributed by atoms with Crippen molar-refractivity contribution in [1.82, 2.24) is 19.1 Å². The maximum atomic E-state index is 14.0. The maximum Gasteiger partial charge on any atom is 0.262 e. The van der Waals surface area contributed by atoms with Crippen LogP contribution in [-0.4, -0.2) is 52.1 Å². The molecule has 0 saturated carbocycles. The van der Waals surface area contributed by atoms with Gasteiger partial charge in [0.05, 0.1) is 16.8 Å². The maximum absolute atomic E-state index is 14.0. The number of aryl methyl sites for hydroxylation is 1. The van der Waals surface area contributed by atoms with E-state index in [1.807, 2.05) is 0 Å². The van der Waals surface area contributed by atoms with Crippen LogP contribution in [0.4, 0.5) is 10.1 Å². The molecule has 2 N–H and O–H groups in total. The van der Waals surface area contributed by atoms with Gasteiger partial charge in [-0.3, -0.25) is 14.5 Å². The third kappa shape index (κ3) is 4.51. The molecule has 1 aromatic carbocycles. The molecule has 1 aliphatic heterocycles. The zero-order valence-electron chi connectivity index (χ0n) is 20.1. The molecule has 0 unspecified atom stereocenters. The fourth-order valence-corrected chi connectivity index (χ4v) is 6.28. The van der Waals surface area contributed by atoms with E-state index in [9.17, 15) is 17.6 Å². The summed E-state index contributed by atoms with van der Waals surface area (Å²) in [4.78, 5) is 22.9. The summed E-state index contributed by atoms with van der Waals surface area (Å²) in [5.74, 6) is -0.664. The minimum Gasteiger partial charge on any atom is -0.404 e. The van der Waals surface area contributed by atoms with Gasteiger partial charge < -0.3 is 5.73 Å². The van der Waals surface area contributed by atoms with Crippen molar-refractivity contribution >= 4 is 27.2 Å². The first kappa shape index (κ1) is 24.7. The predicted molar refractivity (Wildman–Crippen MR) is 136 cm³/mol. The van der Waals surface area contributed by atoms with Gasteiger partial charge in [-0.05, 0) is 73.2 Å². The van der Waals surface area contributed by atoms with Crippen molar-refractivity contribution in [3.05, 3.63) is 95.9 Å². The highest BCUT2D eigenvalue weighted by molar-refractivity contribution is 7.89. The lowest BCUT2D eigenvalue weighted by Gasteiger charge is -2.45. The number of carbonyl (C=O) groups is 1. The number of nitrogens with zero attached hydrogens (tertiary/aromatic N) is 5. The molecule has 0 spiro atoms. The highest BCUT2D eigenvalue weighted by Gasteiger charge is 2.51. The highest BCUT2D eigenvalue weighted by Crippen LogP contribution is 2.47. The number of sulfonamides is 1. The molecule has 1 saturated heterocycles. The van der Waals surface area contributed by atoms with E-state index in [-0.39, 0.29) is 41.8 Å². The van der Waals surface area contributed by atoms with Crippen molar-refractivity contribution in [2.24, 2.45) is 23.2 Å². The summed E-state index contributed by atoms with van der Waals surface area (Å²) in [7, 11) is -2.31. The van der Waals surface area contributed by atoms with Crippen LogP contribution in [0.3, 0.4) is 0 Å². The van der Waals surface area contributed by atoms with Crippen molar-refractivity contribution in [3.63, 3.8) is 0 Å². The molecule has 190 valence electrons. The fraction of sp³-hybridized carbons (Fsp3) is 0.231. The molecule has 5 rings (SSSR count). The number of halogens is 1. The Bertz CT molecular complexity index is 1540. The Kier molecular flexibility index (Phi) is 6.34. The Morgan fingerprint density at radius 1 is 1.19 bits per heavy atom. The molecule has 0 radical (unpaired) electrons. The zero-order valence-corrected chi connectivity index (χ0v) is 20.9. The summed E-state index contributed by atoms with van der Waals surface area (Å²) in [5, 5.41) is 4.00. The van der Waals surface area contributed by atoms with E-state index in [1.165, 1.54) is 39.6 Å². The van der Waals surface area contributed by atoms with Crippen LogP contribution in [0.25, 0.3) is 0 Å². The van der Waals surface area contributed by atoms with Crippen molar-refractivity contribution < 1.29 is 17.6 Å². The number of nitrogens with two attached hydrogens (primary N) is 1. The molecule has 1 fully saturated rings. The number of hydrogen-bond donors (Lipinski definition) is 1. The Hall–Kier alpha value is -3.96. The van der Waals surface area contributed by atoms with E-state index in [4.69, 9.17) is 5.73 Å². The summed E-state index contributed by atoms with van der Waals surface area (Å²) < 4.78 is 43.1. The third-order valence-electron chi connectivity index (χ3n) is 6.73. The number of piperidine rings is 1. The minimum atomic E-state index is -3.95. The number of aromatic nitrogens is 3. The van der Waals surface area contributed by atoms with Gasteiger partial charge in [-0.1, -0.05) is 11.6 Å². The van der Waals surface area contributed by atoms with E-state index < -0.39 is 15.4 Å². The molecule has 0 amide bonds. The summed E-state index contributed by atoms with van der Waals surface area (Å²) in [6, 6.07) is 12.2. The zero-order chi connectivity index (χ0) is 26.2. The lowest BCUT2D eigenvalue weighted by molar-refractivity contribution is 0.0770. The molecule has 37 heavy (non-hydrogen) atoms. The Labute approximate surface area is 213 Å². The number of Topliss-reactive ketones (excluding diaryl/α,β-unsaturated/α-hetero) is 1. The molecular formula is C26H25FN6O3S. The molecule has 3 aromatic rings. The van der Waals surface area contributed by atoms with E-state index in [0.29, 0.717) is 23.4 Å². The van der Waals surface area contributed by atoms with Crippen LogP contribution in [0.5, 0.6) is 0 Å². The first-order chi connectivity index (χ1) is 17.7. The Balaban J connectivity index is 1.62. The lowest BCUT2D eigenvalue weighted by Crippen LogP contribution is -2.53. The standard InChI is InChI=1S/C26H25FN6O3S/c1-32-12-10-24(31-32)37(35,36)33-13-9-19-14-23(30-21-7-5-20(27)6-8-21)18(16-28)15-26(19,17-33)25(34)22-4-2-3-11-29-22/h2-8,10-12,14,16H,9,13,15,17,28H2,1H3/b18-16-,30-23?/t26-/m0/s1. The SMILES string of the molecule is Cn1ccc(S(=O)(=O)N2CCC3=CC(=Nc4ccc(F)cc4)/C(=C\N)C[C@]3(C(=O)c3ccccn3)C2)n1. The molecule has 9 nitrogen and oxygen atoms in total. The van der Waals surface area contributed by atoms with Crippen LogP contribution < -0.4 is 5.73 Å². The van der Waals surface area contributed by atoms with Gasteiger partial charge in [0.1, 0.15) is 11.5 Å². The summed E-state index contributed by atoms with van der Waals surface area (Å²) in [5.41, 5.74) is 7.43. The molecule has 3 heterocycles. The number of allylic oxidation sites excluding steroid dienone is 2. The average Bonchev–Trinajstić information content (AvgIpc) is 3.36. The van der Waals surface area contributed by atoms with Gasteiger partial charge in [0.25, 0.3) is 10.0 Å². The van der Waals surface area contributed by atoms with Crippen LogP contribution in [0.1, 0.15) is 23.3 Å². The number of aliphatic imine (C=N–C) groups is 1. The normalized spacial score (nSPS) is 22.6. The fourth-order valence-electron chi connectivity index (χ4n) is 4.83. The van der Waals surface area contributed by atoms with Gasteiger partial charge >= 0.3 is 0 Å². The van der Waals surface area contributed by atoms with E-state index in [0.717, 1.165) is 5.57 Å². The van der Waals surface area contributed by atoms with Gasteiger partial charge in [0.15, 0.2) is 10.8 Å². The number of carbonyl (C=O) groups excluding carboxylic acids is 1. The quantitative estimate of drug-likeness (QED) is 0.516. The number of fused-ring (bicyclic) bond motifs is 1. The van der Waals surface area contributed by atoms with Crippen molar-refractivity contribution in [2.45, 2.75) is 17.9 Å². The summed E-state index contributed by atoms with van der Waals surface area (Å²) >= 11 is 0. The molecule has 11 heteroatoms. The van der Waals surface area contributed by atoms with Crippen LogP contribution in [-0.2, 0) is 17.1 Å². The smallest absolute Gasteiger partial charge is 0.262 e. The topological polar surface area (TPSA) is 124 Å². The number of rotatable bonds is 5. The summed E-state index contributed by atoms with van der Waals surface area (Å²) in [6.45, 7) is 0.0851. The number of ketones is 1. The first-order valence-corrected chi connectivity index (χ1v) is 13.1. The number of hydrogen-bond acceptors (Lipinski definition) is 7. The monoisotopic (exact) mass is 520 g/mol. The second kappa shape index (κ2) is 9.49. The molecule has 2 aliphatic rings. The molecule has 0 bridgehead atoms. The van der Waals surface area contributed by atoms with Gasteiger partial charge in [-0.15, -0.1) is 0 Å². The minimum absolute atomic E-state index is 0.0770. The molecule has 1 aliphatic carbocycles. The van der Waals surface area contributed by atoms with E-state index >= 15 is 0 Å². The third-order valence-corrected chi connectivity index (χ3v) is 8.46. The Morgan fingerprint density at radius 2 is 1.97 bits per heavy atom. The van der Waals surface area contributed by atoms with Gasteiger partial charge in [0.2, 0.25) is 0 Å². The molecule has 1 atom stereocenters. The number of pyridine rings is 1. The largest absolute Gasteiger partial charge is 0.404 e. The molecular weight excluding hydrogens is 495 g/mol. The van der Waals surface area contributed by atoms with Crippen LogP contribution in [0, 0.1) is 11.2 Å². The van der Waals surface area contributed by atoms with Gasteiger partial charge in [-0.25, -0.2) is 17.8 Å². The van der Waals surface area contributed by atoms with Gasteiger partial charge in [-0.2, -0.15) is 9.40 Å². The van der Waals surface area contributed by atoms with E-state index in [1.54, 1.807) is 49.7 Å². The van der Waals surface area contributed by atoms with Crippen molar-refractivity contribution in [1.29, 1.82) is 0 Å². The van der Waals surface area contributed by atoms with Crippen molar-refractivity contribution in [2.75, 3.05) is 13.1 Å². The second-order valence-electron chi connectivity index (χ2n) is 9.05. The van der Waals surface area contributed by atoms with E-state index in [2.05, 4.69) is 15.1 Å². The van der Waals surface area contributed by atoms with Crippen molar-refractivity contribution in [3.8, 4) is 0 Å². The number of benzene rings is 1. The van der Waals surface area contributed by atoms with Crippen LogP contribution >= 0.6 is 0 Å². The highest BCUT2D eigenvalue weighted by atomic mass is 32.2. The first-order valence-electron chi connectivity index (χ1n) is 11.6. The predicted octanol–water partition coefficient (Wildman–Crippen LogP) is 3.16. The summed E-state index contributed by atoms with van der Waals surface area (Å²) in [6.07, 6.45) is 6.73. The second-order valence-corrected chi connectivity index (χ2v) is 10.9. The van der Waals surface area contributed by atoms with Gasteiger partial charge in [0, 0.05) is 32.5 Å².